The second-order valence-corrected chi connectivity index (χ2v) is 15.2. The van der Waals surface area contributed by atoms with Gasteiger partial charge in [0, 0.05) is 0 Å². The SMILES string of the molecule is CC(C)(C)c1cc(C2=[C-]CC=C2)cc(C(C)(C)C)c1.Cl.Cl.[Zr+2]=[C](c1ccccc1)c1ccccc1.c1ccc2c(c1)[cH-]c1ccccc12. The van der Waals surface area contributed by atoms with Gasteiger partial charge in [-0.25, -0.2) is 0 Å². The van der Waals surface area contributed by atoms with Crippen LogP contribution < -0.4 is 0 Å². The summed E-state index contributed by atoms with van der Waals surface area (Å²) in [6.45, 7) is 13.7. The molecule has 0 saturated carbocycles. The van der Waals surface area contributed by atoms with E-state index in [4.69, 9.17) is 0 Å². The zero-order valence-electron chi connectivity index (χ0n) is 28.9. The van der Waals surface area contributed by atoms with E-state index < -0.39 is 0 Å². The van der Waals surface area contributed by atoms with E-state index in [0.29, 0.717) is 0 Å². The van der Waals surface area contributed by atoms with Crippen LogP contribution in [0, 0.1) is 6.08 Å². The van der Waals surface area contributed by atoms with E-state index >= 15 is 0 Å². The Morgan fingerprint density at radius 2 is 1.00 bits per heavy atom. The van der Waals surface area contributed by atoms with Gasteiger partial charge in [-0.3, -0.25) is 0 Å². The van der Waals surface area contributed by atoms with Gasteiger partial charge in [-0.05, 0) is 10.8 Å². The predicted molar refractivity (Wildman–Crippen MR) is 212 cm³/mol. The molecule has 1 aliphatic rings. The average Bonchev–Trinajstić information content (AvgIpc) is 3.74. The molecule has 0 nitrogen and oxygen atoms in total. The third-order valence-electron chi connectivity index (χ3n) is 8.32. The van der Waals surface area contributed by atoms with Gasteiger partial charge in [0.05, 0.1) is 0 Å². The topological polar surface area (TPSA) is 0 Å². The Labute approximate surface area is 315 Å². The summed E-state index contributed by atoms with van der Waals surface area (Å²) in [5.74, 6) is 0. The van der Waals surface area contributed by atoms with Crippen LogP contribution in [0.4, 0.5) is 0 Å². The molecule has 6 aromatic rings. The first kappa shape index (κ1) is 39.2. The Morgan fingerprint density at radius 3 is 1.40 bits per heavy atom. The maximum absolute atomic E-state index is 3.44. The maximum atomic E-state index is 3.44. The number of hydrogen-bond donors (Lipinski definition) is 0. The van der Waals surface area contributed by atoms with Gasteiger partial charge in [-0.2, -0.15) is 17.7 Å². The summed E-state index contributed by atoms with van der Waals surface area (Å²) in [7, 11) is 0. The summed E-state index contributed by atoms with van der Waals surface area (Å²) in [5.41, 5.74) is 8.39. The summed E-state index contributed by atoms with van der Waals surface area (Å²) in [4.78, 5) is 0. The molecule has 1 aliphatic carbocycles. The van der Waals surface area contributed by atoms with Crippen LogP contribution in [0.5, 0.6) is 0 Å². The minimum absolute atomic E-state index is 0. The van der Waals surface area contributed by atoms with Crippen LogP contribution in [-0.2, 0) is 35.1 Å². The first-order valence-electron chi connectivity index (χ1n) is 16.2. The summed E-state index contributed by atoms with van der Waals surface area (Å²) in [5, 5.41) is 5.39. The quantitative estimate of drug-likeness (QED) is 0.158. The minimum Gasteiger partial charge on any atom is -0.126 e. The number of halogens is 2. The van der Waals surface area contributed by atoms with Crippen molar-refractivity contribution in [1.29, 1.82) is 0 Å². The van der Waals surface area contributed by atoms with Crippen LogP contribution in [0.3, 0.4) is 0 Å². The molecule has 0 unspecified atom stereocenters. The van der Waals surface area contributed by atoms with E-state index in [2.05, 4.69) is 193 Å². The van der Waals surface area contributed by atoms with E-state index in [-0.39, 0.29) is 35.6 Å². The van der Waals surface area contributed by atoms with E-state index in [1.54, 1.807) is 0 Å². The number of fused-ring (bicyclic) bond motifs is 3. The van der Waals surface area contributed by atoms with Gasteiger partial charge >= 0.3 is 99.2 Å². The van der Waals surface area contributed by atoms with Gasteiger partial charge < -0.3 is 0 Å². The van der Waals surface area contributed by atoms with Gasteiger partial charge in [0.25, 0.3) is 0 Å². The normalized spacial score (nSPS) is 12.1. The molecule has 48 heavy (non-hydrogen) atoms. The van der Waals surface area contributed by atoms with E-state index in [9.17, 15) is 0 Å². The van der Waals surface area contributed by atoms with Crippen LogP contribution >= 0.6 is 24.8 Å². The van der Waals surface area contributed by atoms with Crippen LogP contribution in [0.2, 0.25) is 0 Å². The van der Waals surface area contributed by atoms with Crippen molar-refractivity contribution >= 4 is 55.1 Å². The van der Waals surface area contributed by atoms with Crippen LogP contribution in [0.1, 0.15) is 75.8 Å². The van der Waals surface area contributed by atoms with Crippen LogP contribution in [0.15, 0.2) is 146 Å². The molecular weight excluding hydrogens is 703 g/mol. The first-order valence-corrected chi connectivity index (χ1v) is 17.4. The minimum atomic E-state index is 0. The third-order valence-corrected chi connectivity index (χ3v) is 9.74. The molecule has 0 spiro atoms. The smallest absolute Gasteiger partial charge is 0.0771 e. The fourth-order valence-corrected chi connectivity index (χ4v) is 6.35. The summed E-state index contributed by atoms with van der Waals surface area (Å²) >= 11 is 1.46. The molecule has 7 rings (SSSR count). The molecule has 0 saturated heterocycles. The molecular formula is C45H46Cl2Zr. The van der Waals surface area contributed by atoms with E-state index in [1.165, 1.54) is 82.4 Å². The average molecular weight is 749 g/mol. The predicted octanol–water partition coefficient (Wildman–Crippen LogP) is 12.8. The molecule has 0 bridgehead atoms. The molecule has 0 atom stereocenters. The fourth-order valence-electron chi connectivity index (χ4n) is 5.53. The van der Waals surface area contributed by atoms with Gasteiger partial charge in [0.2, 0.25) is 0 Å². The molecule has 0 heterocycles. The molecule has 0 fully saturated rings. The second kappa shape index (κ2) is 17.4. The second-order valence-electron chi connectivity index (χ2n) is 13.9. The number of hydrogen-bond acceptors (Lipinski definition) is 0. The molecule has 0 aliphatic heterocycles. The largest absolute Gasteiger partial charge is 0.126 e. The molecule has 0 amide bonds. The van der Waals surface area contributed by atoms with Crippen LogP contribution in [-0.4, -0.2) is 3.21 Å². The molecule has 3 heteroatoms. The molecule has 6 aromatic carbocycles. The molecule has 0 radical (unpaired) electrons. The van der Waals surface area contributed by atoms with Crippen molar-refractivity contribution in [2.24, 2.45) is 0 Å². The van der Waals surface area contributed by atoms with Crippen molar-refractivity contribution in [3.8, 4) is 0 Å². The standard InChI is InChI=1S/C19H25.C13H9.C13H10.2ClH.Zr/c1-18(2,3)16-11-15(14-9-7-8-10-14)12-17(13-16)19(4,5)6;1-3-7-12-10(5-1)9-11-6-2-4-8-13(11)12;1-3-7-12(8-4-1)11-13-9-5-2-6-10-13;;;/h7,9,11-13H,8H2,1-6H3;1-9H;1-10H;2*1H;/q2*-1;;;;+2. The van der Waals surface area contributed by atoms with Crippen LogP contribution in [0.25, 0.3) is 27.1 Å². The van der Waals surface area contributed by atoms with Crippen molar-refractivity contribution in [2.75, 3.05) is 0 Å². The van der Waals surface area contributed by atoms with Gasteiger partial charge in [-0.15, -0.1) is 88.3 Å². The zero-order chi connectivity index (χ0) is 32.7. The van der Waals surface area contributed by atoms with Crippen molar-refractivity contribution in [3.63, 3.8) is 0 Å². The summed E-state index contributed by atoms with van der Waals surface area (Å²) in [6, 6.07) is 47.4. The molecule has 0 aromatic heterocycles. The zero-order valence-corrected chi connectivity index (χ0v) is 33.0. The number of allylic oxidation sites excluding steroid dienone is 4. The molecule has 0 N–H and O–H groups in total. The monoisotopic (exact) mass is 746 g/mol. The third kappa shape index (κ3) is 10.2. The Kier molecular flexibility index (Phi) is 14.3. The Bertz CT molecular complexity index is 1860. The van der Waals surface area contributed by atoms with E-state index in [0.717, 1.165) is 6.42 Å². The summed E-state index contributed by atoms with van der Waals surface area (Å²) < 4.78 is 1.42. The van der Waals surface area contributed by atoms with Crippen molar-refractivity contribution < 1.29 is 24.2 Å². The van der Waals surface area contributed by atoms with Gasteiger partial charge in [-0.1, -0.05) is 102 Å². The first-order chi connectivity index (χ1) is 22.0. The van der Waals surface area contributed by atoms with E-state index in [1.807, 2.05) is 0 Å². The molecule has 244 valence electrons. The Hall–Kier alpha value is -3.22. The number of rotatable bonds is 3. The Morgan fingerprint density at radius 1 is 0.583 bits per heavy atom. The van der Waals surface area contributed by atoms with Crippen molar-refractivity contribution in [2.45, 2.75) is 58.8 Å². The maximum Gasteiger partial charge on any atom is -0.0771 e. The Balaban J connectivity index is 0.000000195. The van der Waals surface area contributed by atoms with Crippen molar-refractivity contribution in [3.05, 3.63) is 180 Å². The van der Waals surface area contributed by atoms with Gasteiger partial charge in [0.1, 0.15) is 0 Å². The number of benzene rings is 5. The summed E-state index contributed by atoms with van der Waals surface area (Å²) in [6.07, 6.45) is 8.75. The fraction of sp³-hybridized carbons (Fsp3) is 0.200. The van der Waals surface area contributed by atoms with Crippen molar-refractivity contribution in [1.82, 2.24) is 0 Å². The van der Waals surface area contributed by atoms with Gasteiger partial charge in [0.15, 0.2) is 0 Å².